The van der Waals surface area contributed by atoms with E-state index in [2.05, 4.69) is 10.5 Å². The first-order valence-electron chi connectivity index (χ1n) is 6.55. The summed E-state index contributed by atoms with van der Waals surface area (Å²) in [4.78, 5) is 11.7. The maximum Gasteiger partial charge on any atom is 0.244 e. The van der Waals surface area contributed by atoms with Gasteiger partial charge in [0.2, 0.25) is 5.91 Å². The molecule has 1 amide bonds. The van der Waals surface area contributed by atoms with Gasteiger partial charge in [0.05, 0.1) is 19.7 Å². The fraction of sp³-hybridized carbons (Fsp3) is 0.125. The fourth-order valence-electron chi connectivity index (χ4n) is 1.83. The molecule has 0 heterocycles. The van der Waals surface area contributed by atoms with Crippen molar-refractivity contribution in [3.05, 3.63) is 53.6 Å². The molecule has 114 valence electrons. The molecule has 0 aromatic heterocycles. The standard InChI is InChI=1S/C16H16N2O4/c1-22-14-5-6-15(20)12(9-14)10-17-18-16(21)8-11-3-2-4-13(19)7-11/h2-7,9-10,19-20H,8H2,1H3,(H,18,21)/b17-10+. The van der Waals surface area contributed by atoms with Gasteiger partial charge in [-0.3, -0.25) is 4.79 Å². The maximum absolute atomic E-state index is 11.7. The highest BCUT2D eigenvalue weighted by molar-refractivity contribution is 5.86. The summed E-state index contributed by atoms with van der Waals surface area (Å²) in [5.74, 6) is 0.386. The first-order chi connectivity index (χ1) is 10.6. The predicted molar refractivity (Wildman–Crippen MR) is 82.2 cm³/mol. The number of nitrogens with one attached hydrogen (secondary N) is 1. The number of ether oxygens (including phenoxy) is 1. The number of rotatable bonds is 5. The number of carbonyl (C=O) groups is 1. The molecule has 0 aliphatic heterocycles. The number of phenolic OH excluding ortho intramolecular Hbond substituents is 2. The van der Waals surface area contributed by atoms with Gasteiger partial charge < -0.3 is 14.9 Å². The highest BCUT2D eigenvalue weighted by Gasteiger charge is 2.04. The Labute approximate surface area is 127 Å². The van der Waals surface area contributed by atoms with E-state index in [4.69, 9.17) is 4.74 Å². The van der Waals surface area contributed by atoms with Crippen molar-refractivity contribution in [3.63, 3.8) is 0 Å². The number of methoxy groups -OCH3 is 1. The number of hydrogen-bond acceptors (Lipinski definition) is 5. The molecule has 22 heavy (non-hydrogen) atoms. The minimum Gasteiger partial charge on any atom is -0.508 e. The molecule has 2 aromatic carbocycles. The molecule has 6 nitrogen and oxygen atoms in total. The third-order valence-electron chi connectivity index (χ3n) is 2.90. The van der Waals surface area contributed by atoms with E-state index in [0.29, 0.717) is 16.9 Å². The number of amides is 1. The number of hydrogen-bond donors (Lipinski definition) is 3. The van der Waals surface area contributed by atoms with Gasteiger partial charge in [-0.25, -0.2) is 5.43 Å². The average Bonchev–Trinajstić information content (AvgIpc) is 2.49. The molecule has 0 saturated carbocycles. The summed E-state index contributed by atoms with van der Waals surface area (Å²) in [7, 11) is 1.52. The number of nitrogens with zero attached hydrogens (tertiary/aromatic N) is 1. The molecule has 0 saturated heterocycles. The Morgan fingerprint density at radius 1 is 1.27 bits per heavy atom. The van der Waals surface area contributed by atoms with Crippen molar-refractivity contribution in [1.29, 1.82) is 0 Å². The van der Waals surface area contributed by atoms with Crippen molar-refractivity contribution in [2.45, 2.75) is 6.42 Å². The smallest absolute Gasteiger partial charge is 0.244 e. The zero-order valence-electron chi connectivity index (χ0n) is 12.0. The molecule has 0 fully saturated rings. The molecule has 6 heteroatoms. The average molecular weight is 300 g/mol. The molecule has 2 aromatic rings. The van der Waals surface area contributed by atoms with Crippen LogP contribution >= 0.6 is 0 Å². The van der Waals surface area contributed by atoms with Crippen LogP contribution < -0.4 is 10.2 Å². The molecule has 0 radical (unpaired) electrons. The SMILES string of the molecule is COc1ccc(O)c(/C=N/NC(=O)Cc2cccc(O)c2)c1. The first kappa shape index (κ1) is 15.4. The number of hydrazone groups is 1. The Hall–Kier alpha value is -3.02. The third-order valence-corrected chi connectivity index (χ3v) is 2.90. The van der Waals surface area contributed by atoms with Crippen LogP contribution in [0.15, 0.2) is 47.6 Å². The molecular weight excluding hydrogens is 284 g/mol. The minimum absolute atomic E-state index is 0.0341. The fourth-order valence-corrected chi connectivity index (χ4v) is 1.83. The normalized spacial score (nSPS) is 10.6. The quantitative estimate of drug-likeness (QED) is 0.580. The predicted octanol–water partition coefficient (Wildman–Crippen LogP) is 1.80. The van der Waals surface area contributed by atoms with Crippen LogP contribution in [0.3, 0.4) is 0 Å². The molecule has 3 N–H and O–H groups in total. The van der Waals surface area contributed by atoms with Crippen LogP contribution in [0.5, 0.6) is 17.2 Å². The van der Waals surface area contributed by atoms with Crippen LogP contribution in [0, 0.1) is 0 Å². The van der Waals surface area contributed by atoms with E-state index in [0.717, 1.165) is 0 Å². The topological polar surface area (TPSA) is 91.2 Å². The molecule has 2 rings (SSSR count). The molecule has 0 aliphatic carbocycles. The number of aromatic hydroxyl groups is 2. The molecule has 0 bridgehead atoms. The molecule has 0 spiro atoms. The summed E-state index contributed by atoms with van der Waals surface area (Å²) in [6, 6.07) is 11.1. The van der Waals surface area contributed by atoms with E-state index in [-0.39, 0.29) is 23.8 Å². The highest BCUT2D eigenvalue weighted by Crippen LogP contribution is 2.20. The third kappa shape index (κ3) is 4.24. The molecule has 0 unspecified atom stereocenters. The Morgan fingerprint density at radius 2 is 2.09 bits per heavy atom. The summed E-state index contributed by atoms with van der Waals surface area (Å²) in [6.45, 7) is 0. The van der Waals surface area contributed by atoms with Crippen molar-refractivity contribution >= 4 is 12.1 Å². The van der Waals surface area contributed by atoms with Gasteiger partial charge >= 0.3 is 0 Å². The van der Waals surface area contributed by atoms with Gasteiger partial charge in [0, 0.05) is 5.56 Å². The number of carbonyl (C=O) groups excluding carboxylic acids is 1. The molecule has 0 atom stereocenters. The minimum atomic E-state index is -0.329. The maximum atomic E-state index is 11.7. The zero-order valence-corrected chi connectivity index (χ0v) is 12.0. The van der Waals surface area contributed by atoms with E-state index >= 15 is 0 Å². The van der Waals surface area contributed by atoms with Crippen molar-refractivity contribution in [3.8, 4) is 17.2 Å². The van der Waals surface area contributed by atoms with Crippen LogP contribution in [0.2, 0.25) is 0 Å². The summed E-state index contributed by atoms with van der Waals surface area (Å²) >= 11 is 0. The van der Waals surface area contributed by atoms with Crippen molar-refractivity contribution in [2.24, 2.45) is 5.10 Å². The zero-order chi connectivity index (χ0) is 15.9. The second kappa shape index (κ2) is 7.12. The van der Waals surface area contributed by atoms with Crippen LogP contribution in [0.25, 0.3) is 0 Å². The van der Waals surface area contributed by atoms with Gasteiger partial charge in [0.15, 0.2) is 0 Å². The lowest BCUT2D eigenvalue weighted by atomic mass is 10.1. The Balaban J connectivity index is 1.96. The van der Waals surface area contributed by atoms with Crippen molar-refractivity contribution in [2.75, 3.05) is 7.11 Å². The van der Waals surface area contributed by atoms with Crippen LogP contribution in [-0.4, -0.2) is 29.4 Å². The van der Waals surface area contributed by atoms with Gasteiger partial charge in [0.1, 0.15) is 17.2 Å². The lowest BCUT2D eigenvalue weighted by molar-refractivity contribution is -0.120. The molecule has 0 aliphatic rings. The Kier molecular flexibility index (Phi) is 4.98. The van der Waals surface area contributed by atoms with Gasteiger partial charge in [-0.2, -0.15) is 5.10 Å². The van der Waals surface area contributed by atoms with Crippen LogP contribution in [-0.2, 0) is 11.2 Å². The number of benzene rings is 2. The van der Waals surface area contributed by atoms with Crippen LogP contribution in [0.1, 0.15) is 11.1 Å². The monoisotopic (exact) mass is 300 g/mol. The second-order valence-corrected chi connectivity index (χ2v) is 4.56. The summed E-state index contributed by atoms with van der Waals surface area (Å²) in [6.07, 6.45) is 1.42. The molecular formula is C16H16N2O4. The van der Waals surface area contributed by atoms with Crippen LogP contribution in [0.4, 0.5) is 0 Å². The van der Waals surface area contributed by atoms with Gasteiger partial charge in [0.25, 0.3) is 0 Å². The van der Waals surface area contributed by atoms with Gasteiger partial charge in [-0.05, 0) is 35.9 Å². The van der Waals surface area contributed by atoms with Crippen molar-refractivity contribution < 1.29 is 19.7 Å². The van der Waals surface area contributed by atoms with Crippen molar-refractivity contribution in [1.82, 2.24) is 5.43 Å². The lowest BCUT2D eigenvalue weighted by Gasteiger charge is -2.03. The Morgan fingerprint density at radius 3 is 2.82 bits per heavy atom. The lowest BCUT2D eigenvalue weighted by Crippen LogP contribution is -2.19. The summed E-state index contributed by atoms with van der Waals surface area (Å²) < 4.78 is 5.04. The largest absolute Gasteiger partial charge is 0.508 e. The van der Waals surface area contributed by atoms with Gasteiger partial charge in [-0.15, -0.1) is 0 Å². The summed E-state index contributed by atoms with van der Waals surface area (Å²) in [5, 5.41) is 22.8. The van der Waals surface area contributed by atoms with E-state index < -0.39 is 0 Å². The summed E-state index contributed by atoms with van der Waals surface area (Å²) in [5.41, 5.74) is 3.47. The Bertz CT molecular complexity index is 698. The van der Waals surface area contributed by atoms with E-state index in [1.54, 1.807) is 24.3 Å². The van der Waals surface area contributed by atoms with E-state index in [1.165, 1.54) is 31.5 Å². The highest BCUT2D eigenvalue weighted by atomic mass is 16.5. The first-order valence-corrected chi connectivity index (χ1v) is 6.55. The van der Waals surface area contributed by atoms with Gasteiger partial charge in [-0.1, -0.05) is 12.1 Å². The number of phenols is 2. The van der Waals surface area contributed by atoms with E-state index in [1.807, 2.05) is 0 Å². The second-order valence-electron chi connectivity index (χ2n) is 4.56. The van der Waals surface area contributed by atoms with E-state index in [9.17, 15) is 15.0 Å².